The fourth-order valence-electron chi connectivity index (χ4n) is 1.98. The Morgan fingerprint density at radius 3 is 2.75 bits per heavy atom. The van der Waals surface area contributed by atoms with Gasteiger partial charge in [0.2, 0.25) is 0 Å². The van der Waals surface area contributed by atoms with E-state index < -0.39 is 0 Å². The second-order valence-corrected chi connectivity index (χ2v) is 7.46. The molecule has 0 saturated carbocycles. The molecule has 3 heteroatoms. The van der Waals surface area contributed by atoms with E-state index in [1.807, 2.05) is 0 Å². The van der Waals surface area contributed by atoms with Gasteiger partial charge in [0.25, 0.3) is 0 Å². The van der Waals surface area contributed by atoms with Gasteiger partial charge in [0, 0.05) is 23.1 Å². The number of hydrogen-bond donors (Lipinski definition) is 1. The maximum absolute atomic E-state index is 3.49. The van der Waals surface area contributed by atoms with Crippen molar-refractivity contribution in [3.8, 4) is 0 Å². The molecule has 0 radical (unpaired) electrons. The third kappa shape index (κ3) is 6.12. The normalized spacial score (nSPS) is 22.3. The van der Waals surface area contributed by atoms with Gasteiger partial charge >= 0.3 is 0 Å². The summed E-state index contributed by atoms with van der Waals surface area (Å²) in [5.74, 6) is 1.30. The van der Waals surface area contributed by atoms with Crippen molar-refractivity contribution in [2.45, 2.75) is 51.3 Å². The van der Waals surface area contributed by atoms with Crippen molar-refractivity contribution in [2.24, 2.45) is 0 Å². The Morgan fingerprint density at radius 1 is 1.31 bits per heavy atom. The topological polar surface area (TPSA) is 15.3 Å². The van der Waals surface area contributed by atoms with E-state index in [1.165, 1.54) is 38.2 Å². The highest BCUT2D eigenvalue weighted by atomic mass is 32.2. The Morgan fingerprint density at radius 2 is 2.06 bits per heavy atom. The Hall–Kier alpha value is 0.270. The van der Waals surface area contributed by atoms with Crippen LogP contribution in [0.4, 0.5) is 0 Å². The maximum Gasteiger partial charge on any atom is 0.0116 e. The summed E-state index contributed by atoms with van der Waals surface area (Å²) >= 11 is 2.13. The molecule has 1 saturated heterocycles. The van der Waals surface area contributed by atoms with Crippen molar-refractivity contribution in [2.75, 3.05) is 31.9 Å². The van der Waals surface area contributed by atoms with Crippen LogP contribution in [-0.4, -0.2) is 47.6 Å². The number of nitrogens with zero attached hydrogens (tertiary/aromatic N) is 1. The van der Waals surface area contributed by atoms with Gasteiger partial charge < -0.3 is 10.2 Å². The van der Waals surface area contributed by atoms with Crippen LogP contribution in [0.15, 0.2) is 0 Å². The molecule has 1 fully saturated rings. The highest BCUT2D eigenvalue weighted by Gasteiger charge is 2.23. The van der Waals surface area contributed by atoms with E-state index in [0.29, 0.717) is 10.8 Å². The van der Waals surface area contributed by atoms with Crippen LogP contribution in [0, 0.1) is 0 Å². The van der Waals surface area contributed by atoms with E-state index in [2.05, 4.69) is 49.7 Å². The summed E-state index contributed by atoms with van der Waals surface area (Å²) in [6.45, 7) is 14.2. The lowest BCUT2D eigenvalue weighted by molar-refractivity contribution is 0.278. The molecule has 0 aliphatic carbocycles. The van der Waals surface area contributed by atoms with E-state index in [9.17, 15) is 0 Å². The number of rotatable bonds is 5. The first-order valence-corrected chi connectivity index (χ1v) is 7.58. The highest BCUT2D eigenvalue weighted by molar-refractivity contribution is 8.00. The van der Waals surface area contributed by atoms with Crippen LogP contribution in [0.5, 0.6) is 0 Å². The Balaban J connectivity index is 2.13. The SMILES string of the molecule is CC(C)NCCCN1CCSC(C)(C)CC1. The van der Waals surface area contributed by atoms with Crippen LogP contribution >= 0.6 is 11.8 Å². The maximum atomic E-state index is 3.49. The van der Waals surface area contributed by atoms with E-state index in [0.717, 1.165) is 6.54 Å². The lowest BCUT2D eigenvalue weighted by atomic mass is 10.1. The monoisotopic (exact) mass is 244 g/mol. The van der Waals surface area contributed by atoms with Gasteiger partial charge in [-0.2, -0.15) is 11.8 Å². The molecule has 1 heterocycles. The minimum atomic E-state index is 0.491. The van der Waals surface area contributed by atoms with Crippen molar-refractivity contribution in [3.05, 3.63) is 0 Å². The van der Waals surface area contributed by atoms with Gasteiger partial charge in [0.15, 0.2) is 0 Å². The van der Waals surface area contributed by atoms with Crippen LogP contribution in [0.25, 0.3) is 0 Å². The standard InChI is InChI=1S/C13H28N2S/c1-12(2)14-7-5-8-15-9-6-13(3,4)16-11-10-15/h12,14H,5-11H2,1-4H3. The first kappa shape index (κ1) is 14.3. The number of nitrogens with one attached hydrogen (secondary N) is 1. The molecular formula is C13H28N2S. The summed E-state index contributed by atoms with van der Waals surface area (Å²) in [5, 5.41) is 3.49. The summed E-state index contributed by atoms with van der Waals surface area (Å²) in [5.41, 5.74) is 0. The zero-order chi connectivity index (χ0) is 12.0. The number of thioether (sulfide) groups is 1. The molecule has 0 aromatic rings. The quantitative estimate of drug-likeness (QED) is 0.748. The van der Waals surface area contributed by atoms with Crippen molar-refractivity contribution in [1.82, 2.24) is 10.2 Å². The summed E-state index contributed by atoms with van der Waals surface area (Å²) in [4.78, 5) is 2.63. The molecule has 1 aliphatic rings. The van der Waals surface area contributed by atoms with Crippen LogP contribution in [0.2, 0.25) is 0 Å². The van der Waals surface area contributed by atoms with Gasteiger partial charge in [-0.25, -0.2) is 0 Å². The van der Waals surface area contributed by atoms with Gasteiger partial charge in [-0.3, -0.25) is 0 Å². The van der Waals surface area contributed by atoms with Gasteiger partial charge in [-0.05, 0) is 32.5 Å². The van der Waals surface area contributed by atoms with E-state index in [1.54, 1.807) is 0 Å². The lowest BCUT2D eigenvalue weighted by Crippen LogP contribution is -2.31. The molecule has 0 amide bonds. The first-order valence-electron chi connectivity index (χ1n) is 6.59. The van der Waals surface area contributed by atoms with Crippen molar-refractivity contribution in [1.29, 1.82) is 0 Å². The van der Waals surface area contributed by atoms with Crippen LogP contribution < -0.4 is 5.32 Å². The van der Waals surface area contributed by atoms with Crippen LogP contribution in [-0.2, 0) is 0 Å². The van der Waals surface area contributed by atoms with Crippen molar-refractivity contribution in [3.63, 3.8) is 0 Å². The third-order valence-electron chi connectivity index (χ3n) is 3.13. The Bertz CT molecular complexity index is 192. The fourth-order valence-corrected chi connectivity index (χ4v) is 3.12. The minimum absolute atomic E-state index is 0.491. The molecule has 0 bridgehead atoms. The smallest absolute Gasteiger partial charge is 0.0116 e. The number of hydrogen-bond acceptors (Lipinski definition) is 3. The van der Waals surface area contributed by atoms with Crippen molar-refractivity contribution >= 4 is 11.8 Å². The molecule has 0 unspecified atom stereocenters. The van der Waals surface area contributed by atoms with Gasteiger partial charge in [-0.15, -0.1) is 0 Å². The average molecular weight is 244 g/mol. The second-order valence-electron chi connectivity index (χ2n) is 5.66. The Labute approximate surface area is 106 Å². The largest absolute Gasteiger partial charge is 0.314 e. The van der Waals surface area contributed by atoms with Crippen LogP contribution in [0.1, 0.15) is 40.5 Å². The molecule has 0 aromatic heterocycles. The predicted molar refractivity (Wildman–Crippen MR) is 75.3 cm³/mol. The zero-order valence-electron chi connectivity index (χ0n) is 11.4. The average Bonchev–Trinajstić information content (AvgIpc) is 2.34. The molecular weight excluding hydrogens is 216 g/mol. The molecule has 1 N–H and O–H groups in total. The van der Waals surface area contributed by atoms with Crippen molar-refractivity contribution < 1.29 is 0 Å². The summed E-state index contributed by atoms with van der Waals surface area (Å²) < 4.78 is 0.491. The van der Waals surface area contributed by atoms with Gasteiger partial charge in [0.1, 0.15) is 0 Å². The van der Waals surface area contributed by atoms with E-state index >= 15 is 0 Å². The molecule has 0 spiro atoms. The van der Waals surface area contributed by atoms with Crippen LogP contribution in [0.3, 0.4) is 0 Å². The molecule has 0 atom stereocenters. The molecule has 1 rings (SSSR count). The first-order chi connectivity index (χ1) is 7.49. The zero-order valence-corrected chi connectivity index (χ0v) is 12.2. The van der Waals surface area contributed by atoms with Gasteiger partial charge in [-0.1, -0.05) is 27.7 Å². The Kier molecular flexibility index (Phi) is 6.16. The second kappa shape index (κ2) is 6.87. The lowest BCUT2D eigenvalue weighted by Gasteiger charge is -2.22. The summed E-state index contributed by atoms with van der Waals surface area (Å²) in [6, 6.07) is 0.624. The molecule has 1 aliphatic heterocycles. The summed E-state index contributed by atoms with van der Waals surface area (Å²) in [6.07, 6.45) is 2.61. The molecule has 96 valence electrons. The molecule has 0 aromatic carbocycles. The third-order valence-corrected chi connectivity index (χ3v) is 4.51. The summed E-state index contributed by atoms with van der Waals surface area (Å²) in [7, 11) is 0. The minimum Gasteiger partial charge on any atom is -0.314 e. The van der Waals surface area contributed by atoms with E-state index in [-0.39, 0.29) is 0 Å². The molecule has 2 nitrogen and oxygen atoms in total. The predicted octanol–water partition coefficient (Wildman–Crippen LogP) is 2.59. The highest BCUT2D eigenvalue weighted by Crippen LogP contribution is 2.30. The fraction of sp³-hybridized carbons (Fsp3) is 1.00. The molecule has 16 heavy (non-hydrogen) atoms. The van der Waals surface area contributed by atoms with Gasteiger partial charge in [0.05, 0.1) is 0 Å². The van der Waals surface area contributed by atoms with E-state index in [4.69, 9.17) is 0 Å².